The Balaban J connectivity index is 0.00000280. The first-order chi connectivity index (χ1) is 13.1. The molecular formula is C22H28ClN3O2. The summed E-state index contributed by atoms with van der Waals surface area (Å²) in [7, 11) is 0. The van der Waals surface area contributed by atoms with E-state index in [4.69, 9.17) is 5.73 Å². The van der Waals surface area contributed by atoms with Gasteiger partial charge in [0.1, 0.15) is 0 Å². The maximum Gasteiger partial charge on any atom is 0.253 e. The number of halogens is 1. The molecule has 2 aromatic carbocycles. The van der Waals surface area contributed by atoms with E-state index in [0.29, 0.717) is 37.3 Å². The number of nitrogens with two attached hydrogens (primary N) is 1. The standard InChI is InChI=1S/C22H27N3O2.ClH/c1-2-11-24-21(26)17-9-6-10-18(12-17)22(27)25-14-19(13-23)20(15-25)16-7-4-3-5-8-16;/h3-10,12,19-20H,2,11,13-15,23H2,1H3,(H,24,26);1H/t19-,20+;/m1./s1. The first-order valence-electron chi connectivity index (χ1n) is 9.56. The summed E-state index contributed by atoms with van der Waals surface area (Å²) in [5.74, 6) is 0.301. The molecule has 0 aromatic heterocycles. The largest absolute Gasteiger partial charge is 0.352 e. The van der Waals surface area contributed by atoms with E-state index in [0.717, 1.165) is 6.42 Å². The zero-order chi connectivity index (χ0) is 19.2. The van der Waals surface area contributed by atoms with Gasteiger partial charge >= 0.3 is 0 Å². The molecule has 1 aliphatic rings. The van der Waals surface area contributed by atoms with Crippen molar-refractivity contribution in [3.8, 4) is 0 Å². The molecule has 5 nitrogen and oxygen atoms in total. The van der Waals surface area contributed by atoms with Crippen LogP contribution in [-0.4, -0.2) is 42.9 Å². The van der Waals surface area contributed by atoms with Crippen LogP contribution in [0, 0.1) is 5.92 Å². The van der Waals surface area contributed by atoms with Crippen molar-refractivity contribution in [1.29, 1.82) is 0 Å². The predicted octanol–water partition coefficient (Wildman–Crippen LogP) is 3.06. The number of hydrogen-bond donors (Lipinski definition) is 2. The molecule has 150 valence electrons. The van der Waals surface area contributed by atoms with E-state index in [1.54, 1.807) is 24.3 Å². The van der Waals surface area contributed by atoms with E-state index in [9.17, 15) is 9.59 Å². The number of hydrogen-bond acceptors (Lipinski definition) is 3. The first-order valence-corrected chi connectivity index (χ1v) is 9.56. The van der Waals surface area contributed by atoms with Gasteiger partial charge in [0.15, 0.2) is 0 Å². The SMILES string of the molecule is CCCNC(=O)c1cccc(C(=O)N2C[C@@H](CN)[C@H](c3ccccc3)C2)c1.Cl. The van der Waals surface area contributed by atoms with Crippen molar-refractivity contribution in [3.63, 3.8) is 0 Å². The second-order valence-electron chi connectivity index (χ2n) is 7.06. The molecule has 0 aliphatic carbocycles. The van der Waals surface area contributed by atoms with Crippen molar-refractivity contribution in [2.45, 2.75) is 19.3 Å². The Kier molecular flexibility index (Phi) is 8.03. The molecule has 0 radical (unpaired) electrons. The Labute approximate surface area is 172 Å². The average Bonchev–Trinajstić information content (AvgIpc) is 3.16. The minimum Gasteiger partial charge on any atom is -0.352 e. The highest BCUT2D eigenvalue weighted by molar-refractivity contribution is 5.99. The maximum atomic E-state index is 13.0. The summed E-state index contributed by atoms with van der Waals surface area (Å²) in [6.45, 7) is 4.46. The summed E-state index contributed by atoms with van der Waals surface area (Å²) in [5, 5.41) is 2.85. The van der Waals surface area contributed by atoms with Crippen molar-refractivity contribution in [3.05, 3.63) is 71.3 Å². The molecule has 2 atom stereocenters. The first kappa shape index (κ1) is 21.9. The summed E-state index contributed by atoms with van der Waals surface area (Å²) in [6, 6.07) is 17.2. The van der Waals surface area contributed by atoms with Crippen LogP contribution in [0.1, 0.15) is 45.5 Å². The molecule has 1 fully saturated rings. The summed E-state index contributed by atoms with van der Waals surface area (Å²) in [4.78, 5) is 27.1. The lowest BCUT2D eigenvalue weighted by molar-refractivity contribution is 0.0786. The van der Waals surface area contributed by atoms with E-state index in [2.05, 4.69) is 17.4 Å². The number of likely N-dealkylation sites (tertiary alicyclic amines) is 1. The molecule has 1 saturated heterocycles. The molecule has 3 rings (SSSR count). The second-order valence-corrected chi connectivity index (χ2v) is 7.06. The number of carbonyl (C=O) groups excluding carboxylic acids is 2. The Bertz CT molecular complexity index is 797. The molecule has 2 aromatic rings. The number of amides is 2. The van der Waals surface area contributed by atoms with Crippen LogP contribution in [0.3, 0.4) is 0 Å². The second kappa shape index (κ2) is 10.2. The van der Waals surface area contributed by atoms with E-state index in [-0.39, 0.29) is 36.1 Å². The van der Waals surface area contributed by atoms with Crippen LogP contribution in [0.25, 0.3) is 0 Å². The average molecular weight is 402 g/mol. The number of carbonyl (C=O) groups is 2. The Morgan fingerprint density at radius 3 is 2.46 bits per heavy atom. The van der Waals surface area contributed by atoms with Gasteiger partial charge in [-0.15, -0.1) is 12.4 Å². The van der Waals surface area contributed by atoms with Crippen molar-refractivity contribution in [1.82, 2.24) is 10.2 Å². The molecule has 0 saturated carbocycles. The van der Waals surface area contributed by atoms with Crippen molar-refractivity contribution < 1.29 is 9.59 Å². The molecule has 0 unspecified atom stereocenters. The van der Waals surface area contributed by atoms with Crippen LogP contribution in [0.2, 0.25) is 0 Å². The molecule has 1 heterocycles. The topological polar surface area (TPSA) is 75.4 Å². The van der Waals surface area contributed by atoms with Gasteiger partial charge in [-0.1, -0.05) is 43.3 Å². The lowest BCUT2D eigenvalue weighted by Crippen LogP contribution is -2.30. The Morgan fingerprint density at radius 1 is 1.07 bits per heavy atom. The lowest BCUT2D eigenvalue weighted by Gasteiger charge is -2.17. The quantitative estimate of drug-likeness (QED) is 0.781. The fraction of sp³-hybridized carbons (Fsp3) is 0.364. The third-order valence-electron chi connectivity index (χ3n) is 5.17. The number of benzene rings is 2. The zero-order valence-electron chi connectivity index (χ0n) is 16.1. The minimum absolute atomic E-state index is 0. The van der Waals surface area contributed by atoms with Gasteiger partial charge in [0.25, 0.3) is 11.8 Å². The van der Waals surface area contributed by atoms with Gasteiger partial charge in [-0.05, 0) is 42.6 Å². The minimum atomic E-state index is -0.144. The third kappa shape index (κ3) is 4.91. The number of nitrogens with one attached hydrogen (secondary N) is 1. The van der Waals surface area contributed by atoms with Gasteiger partial charge in [-0.2, -0.15) is 0 Å². The molecule has 28 heavy (non-hydrogen) atoms. The predicted molar refractivity (Wildman–Crippen MR) is 114 cm³/mol. The summed E-state index contributed by atoms with van der Waals surface area (Å²) in [5.41, 5.74) is 8.26. The van der Waals surface area contributed by atoms with Crippen molar-refractivity contribution in [2.24, 2.45) is 11.7 Å². The highest BCUT2D eigenvalue weighted by Gasteiger charge is 2.35. The molecule has 3 N–H and O–H groups in total. The molecular weight excluding hydrogens is 374 g/mol. The van der Waals surface area contributed by atoms with Crippen LogP contribution in [0.15, 0.2) is 54.6 Å². The molecule has 1 aliphatic heterocycles. The fourth-order valence-electron chi connectivity index (χ4n) is 3.67. The summed E-state index contributed by atoms with van der Waals surface area (Å²) < 4.78 is 0. The monoisotopic (exact) mass is 401 g/mol. The Hall–Kier alpha value is -2.37. The van der Waals surface area contributed by atoms with Crippen LogP contribution < -0.4 is 11.1 Å². The van der Waals surface area contributed by atoms with Crippen LogP contribution in [0.5, 0.6) is 0 Å². The maximum absolute atomic E-state index is 13.0. The molecule has 2 amide bonds. The lowest BCUT2D eigenvalue weighted by atomic mass is 9.89. The van der Waals surface area contributed by atoms with Gasteiger partial charge < -0.3 is 16.0 Å². The van der Waals surface area contributed by atoms with E-state index in [1.807, 2.05) is 30.0 Å². The molecule has 0 bridgehead atoms. The fourth-order valence-corrected chi connectivity index (χ4v) is 3.67. The van der Waals surface area contributed by atoms with Gasteiger partial charge in [0, 0.05) is 36.7 Å². The summed E-state index contributed by atoms with van der Waals surface area (Å²) in [6.07, 6.45) is 0.874. The number of rotatable bonds is 6. The van der Waals surface area contributed by atoms with Gasteiger partial charge in [0.05, 0.1) is 0 Å². The number of nitrogens with zero attached hydrogens (tertiary/aromatic N) is 1. The normalized spacial score (nSPS) is 18.4. The van der Waals surface area contributed by atoms with Gasteiger partial charge in [-0.25, -0.2) is 0 Å². The highest BCUT2D eigenvalue weighted by atomic mass is 35.5. The van der Waals surface area contributed by atoms with Gasteiger partial charge in [-0.3, -0.25) is 9.59 Å². The molecule has 0 spiro atoms. The van der Waals surface area contributed by atoms with Crippen LogP contribution >= 0.6 is 12.4 Å². The van der Waals surface area contributed by atoms with Gasteiger partial charge in [0.2, 0.25) is 0 Å². The highest BCUT2D eigenvalue weighted by Crippen LogP contribution is 2.32. The van der Waals surface area contributed by atoms with Crippen molar-refractivity contribution >= 4 is 24.2 Å². The van der Waals surface area contributed by atoms with Crippen molar-refractivity contribution in [2.75, 3.05) is 26.2 Å². The van der Waals surface area contributed by atoms with Crippen LogP contribution in [-0.2, 0) is 0 Å². The third-order valence-corrected chi connectivity index (χ3v) is 5.17. The van der Waals surface area contributed by atoms with Crippen LogP contribution in [0.4, 0.5) is 0 Å². The summed E-state index contributed by atoms with van der Waals surface area (Å²) >= 11 is 0. The smallest absolute Gasteiger partial charge is 0.253 e. The van der Waals surface area contributed by atoms with E-state index in [1.165, 1.54) is 5.56 Å². The van der Waals surface area contributed by atoms with E-state index >= 15 is 0 Å². The van der Waals surface area contributed by atoms with E-state index < -0.39 is 0 Å². The zero-order valence-corrected chi connectivity index (χ0v) is 17.0. The molecule has 6 heteroatoms. The Morgan fingerprint density at radius 2 is 1.79 bits per heavy atom.